The van der Waals surface area contributed by atoms with E-state index in [2.05, 4.69) is 26.1 Å². The summed E-state index contributed by atoms with van der Waals surface area (Å²) >= 11 is 0. The van der Waals surface area contributed by atoms with Crippen molar-refractivity contribution < 1.29 is 24.5 Å². The minimum absolute atomic E-state index is 0.00691. The zero-order valence-corrected chi connectivity index (χ0v) is 13.6. The van der Waals surface area contributed by atoms with Gasteiger partial charge in [0, 0.05) is 23.4 Å². The van der Waals surface area contributed by atoms with Crippen LogP contribution in [0.4, 0.5) is 0 Å². The van der Waals surface area contributed by atoms with Gasteiger partial charge < -0.3 is 20.3 Å². The van der Waals surface area contributed by atoms with E-state index in [9.17, 15) is 14.7 Å². The Kier molecular flexibility index (Phi) is 4.82. The molecule has 2 saturated heterocycles. The topological polar surface area (TPSA) is 95.9 Å². The van der Waals surface area contributed by atoms with Gasteiger partial charge in [-0.3, -0.25) is 4.79 Å². The van der Waals surface area contributed by atoms with Crippen LogP contribution in [0.2, 0.25) is 0 Å². The maximum atomic E-state index is 11.4. The maximum Gasteiger partial charge on any atom is 0.332 e. The largest absolute Gasteiger partial charge is 0.481 e. The molecule has 1 saturated carbocycles. The molecule has 3 fully saturated rings. The molecule has 126 valence electrons. The van der Waals surface area contributed by atoms with Crippen LogP contribution >= 0.6 is 0 Å². The summed E-state index contributed by atoms with van der Waals surface area (Å²) in [4.78, 5) is 22.0. The zero-order chi connectivity index (χ0) is 16.5. The second-order valence-electron chi connectivity index (χ2n) is 7.54. The minimum Gasteiger partial charge on any atom is -0.481 e. The van der Waals surface area contributed by atoms with Crippen LogP contribution in [0.5, 0.6) is 0 Å². The van der Waals surface area contributed by atoms with Gasteiger partial charge in [-0.2, -0.15) is 0 Å². The quantitative estimate of drug-likeness (QED) is 0.665. The smallest absolute Gasteiger partial charge is 0.332 e. The van der Waals surface area contributed by atoms with Crippen LogP contribution in [0, 0.1) is 5.92 Å². The van der Waals surface area contributed by atoms with E-state index in [0.29, 0.717) is 6.42 Å². The number of ether oxygens (including phenoxy) is 1. The highest BCUT2D eigenvalue weighted by Gasteiger charge is 2.53. The predicted octanol–water partition coefficient (Wildman–Crippen LogP) is 2.02. The Hall–Kier alpha value is -1.14. The number of carbonyl (C=O) groups is 2. The molecule has 0 aromatic carbocycles. The summed E-state index contributed by atoms with van der Waals surface area (Å²) in [7, 11) is 0. The second kappa shape index (κ2) is 6.16. The summed E-state index contributed by atoms with van der Waals surface area (Å²) in [6, 6.07) is 0. The first-order chi connectivity index (χ1) is 10.1. The van der Waals surface area contributed by atoms with Gasteiger partial charge >= 0.3 is 11.9 Å². The van der Waals surface area contributed by atoms with Gasteiger partial charge in [-0.25, -0.2) is 4.79 Å². The van der Waals surface area contributed by atoms with Crippen molar-refractivity contribution in [1.82, 2.24) is 5.32 Å². The van der Waals surface area contributed by atoms with Crippen molar-refractivity contribution in [2.24, 2.45) is 5.92 Å². The summed E-state index contributed by atoms with van der Waals surface area (Å²) in [6.07, 6.45) is 2.47. The van der Waals surface area contributed by atoms with Gasteiger partial charge in [0.2, 0.25) is 0 Å². The summed E-state index contributed by atoms with van der Waals surface area (Å²) in [6.45, 7) is 6.45. The molecule has 0 aromatic heterocycles. The van der Waals surface area contributed by atoms with Gasteiger partial charge in [0.05, 0.1) is 6.10 Å². The Morgan fingerprint density at radius 2 is 2.00 bits per heavy atom. The molecule has 6 nitrogen and oxygen atoms in total. The van der Waals surface area contributed by atoms with E-state index in [4.69, 9.17) is 9.84 Å². The van der Waals surface area contributed by atoms with Crippen molar-refractivity contribution in [3.05, 3.63) is 0 Å². The third-order valence-electron chi connectivity index (χ3n) is 5.13. The van der Waals surface area contributed by atoms with E-state index in [0.717, 1.165) is 19.3 Å². The highest BCUT2D eigenvalue weighted by atomic mass is 16.5. The molecule has 0 amide bonds. The molecule has 0 radical (unpaired) electrons. The minimum atomic E-state index is -0.997. The fourth-order valence-corrected chi connectivity index (χ4v) is 4.20. The second-order valence-corrected chi connectivity index (χ2v) is 7.54. The van der Waals surface area contributed by atoms with Crippen LogP contribution in [0.25, 0.3) is 0 Å². The molecular weight excluding hydrogens is 286 g/mol. The molecule has 0 aromatic rings. The summed E-state index contributed by atoms with van der Waals surface area (Å²) in [5.41, 5.74) is -0.0763. The number of carboxylic acid groups (broad SMARTS) is 2. The Bertz CT molecular complexity index is 447. The van der Waals surface area contributed by atoms with Crippen molar-refractivity contribution in [1.29, 1.82) is 0 Å². The zero-order valence-electron chi connectivity index (χ0n) is 13.6. The fraction of sp³-hybridized carbons (Fsp3) is 0.875. The Morgan fingerprint density at radius 3 is 2.50 bits per heavy atom. The molecule has 2 aliphatic heterocycles. The van der Waals surface area contributed by atoms with Crippen LogP contribution in [-0.2, 0) is 14.3 Å². The number of aliphatic carboxylic acids is 2. The van der Waals surface area contributed by atoms with Crippen molar-refractivity contribution in [3.63, 3.8) is 0 Å². The Balaban J connectivity index is 2.00. The van der Waals surface area contributed by atoms with E-state index in [1.54, 1.807) is 0 Å². The third-order valence-corrected chi connectivity index (χ3v) is 5.13. The van der Waals surface area contributed by atoms with Gasteiger partial charge in [-0.15, -0.1) is 0 Å². The molecule has 2 heterocycles. The molecule has 0 spiro atoms. The van der Waals surface area contributed by atoms with E-state index in [1.807, 2.05) is 0 Å². The lowest BCUT2D eigenvalue weighted by Crippen LogP contribution is -2.70. The van der Waals surface area contributed by atoms with E-state index in [1.165, 1.54) is 0 Å². The van der Waals surface area contributed by atoms with Crippen LogP contribution in [-0.4, -0.2) is 45.4 Å². The Morgan fingerprint density at radius 1 is 1.32 bits per heavy atom. The summed E-state index contributed by atoms with van der Waals surface area (Å²) < 4.78 is 5.94. The lowest BCUT2D eigenvalue weighted by Gasteiger charge is -2.58. The van der Waals surface area contributed by atoms with Gasteiger partial charge in [0.15, 0.2) is 6.10 Å². The van der Waals surface area contributed by atoms with Crippen LogP contribution in [0.1, 0.15) is 59.3 Å². The molecule has 6 heteroatoms. The van der Waals surface area contributed by atoms with E-state index in [-0.39, 0.29) is 35.9 Å². The molecule has 4 unspecified atom stereocenters. The van der Waals surface area contributed by atoms with Crippen LogP contribution in [0.3, 0.4) is 0 Å². The number of rotatable bonds is 7. The fourth-order valence-electron chi connectivity index (χ4n) is 4.20. The Labute approximate surface area is 131 Å². The molecule has 3 rings (SSSR count). The lowest BCUT2D eigenvalue weighted by atomic mass is 9.62. The van der Waals surface area contributed by atoms with E-state index >= 15 is 0 Å². The van der Waals surface area contributed by atoms with Gasteiger partial charge in [0.1, 0.15) is 0 Å². The summed E-state index contributed by atoms with van der Waals surface area (Å²) in [5, 5.41) is 21.7. The molecule has 22 heavy (non-hydrogen) atoms. The van der Waals surface area contributed by atoms with Crippen molar-refractivity contribution in [2.45, 2.75) is 82.6 Å². The number of hydrogen-bond donors (Lipinski definition) is 3. The van der Waals surface area contributed by atoms with Crippen molar-refractivity contribution in [3.8, 4) is 0 Å². The predicted molar refractivity (Wildman–Crippen MR) is 80.7 cm³/mol. The van der Waals surface area contributed by atoms with Crippen molar-refractivity contribution in [2.75, 3.05) is 0 Å². The van der Waals surface area contributed by atoms with Gasteiger partial charge in [-0.1, -0.05) is 0 Å². The number of nitrogens with one attached hydrogen (secondary N) is 1. The summed E-state index contributed by atoms with van der Waals surface area (Å²) in [5.74, 6) is -1.61. The van der Waals surface area contributed by atoms with Gasteiger partial charge in [0.25, 0.3) is 0 Å². The number of hydrogen-bond acceptors (Lipinski definition) is 4. The molecule has 2 bridgehead atoms. The number of carboxylic acids is 2. The van der Waals surface area contributed by atoms with Gasteiger partial charge in [-0.05, 0) is 52.9 Å². The normalized spacial score (nSPS) is 34.3. The van der Waals surface area contributed by atoms with E-state index < -0.39 is 18.0 Å². The number of piperidine rings is 2. The first-order valence-electron chi connectivity index (χ1n) is 8.02. The monoisotopic (exact) mass is 313 g/mol. The lowest BCUT2D eigenvalue weighted by molar-refractivity contribution is -0.171. The van der Waals surface area contributed by atoms with Crippen LogP contribution in [0.15, 0.2) is 0 Å². The first-order valence-corrected chi connectivity index (χ1v) is 8.02. The average molecular weight is 313 g/mol. The average Bonchev–Trinajstić information content (AvgIpc) is 2.34. The highest BCUT2D eigenvalue weighted by molar-refractivity contribution is 5.72. The molecule has 3 N–H and O–H groups in total. The molecule has 4 atom stereocenters. The van der Waals surface area contributed by atoms with Crippen LogP contribution < -0.4 is 5.32 Å². The molecule has 3 aliphatic rings. The SMILES string of the molecule is CC12CCC(C(OC(CCCC(=O)O)C(=O)O)C1)C(C)(C)N2. The maximum absolute atomic E-state index is 11.4. The number of fused-ring (bicyclic) bond motifs is 3. The first kappa shape index (κ1) is 17.2. The molecule has 1 aliphatic carbocycles. The van der Waals surface area contributed by atoms with Crippen molar-refractivity contribution >= 4 is 11.9 Å². The molecular formula is C16H27NO5. The standard InChI is InChI=1S/C16H27NO5/c1-15(2)10-7-8-16(3,17-15)9-12(10)22-11(14(20)21)5-4-6-13(18)19/h10-12,17H,4-9H2,1-3H3,(H,18,19)(H,20,21). The highest BCUT2D eigenvalue weighted by Crippen LogP contribution is 2.46. The third kappa shape index (κ3) is 3.79.